The minimum absolute atomic E-state index is 0.144. The van der Waals surface area contributed by atoms with Gasteiger partial charge < -0.3 is 24.2 Å². The van der Waals surface area contributed by atoms with Crippen LogP contribution in [-0.2, 0) is 14.3 Å². The van der Waals surface area contributed by atoms with Gasteiger partial charge in [-0.1, -0.05) is 0 Å². The summed E-state index contributed by atoms with van der Waals surface area (Å²) >= 11 is 1.56. The number of aromatic nitrogens is 3. The Balaban J connectivity index is 1.53. The standard InChI is InChI=1S/C23H28N4O5S/c1-14-15(2)33-23-20(14)22(27(3)13-18(28)29)25-21(26-23)17-12-16(7-8-24-17)30-10-11-32-19-6-4-5-9-31-19/h7-8,12,19H,4-6,9-11,13H2,1-3H3,(H,28,29). The van der Waals surface area contributed by atoms with Crippen molar-refractivity contribution in [2.24, 2.45) is 0 Å². The highest BCUT2D eigenvalue weighted by atomic mass is 32.1. The first kappa shape index (κ1) is 23.3. The van der Waals surface area contributed by atoms with Crippen LogP contribution in [0.15, 0.2) is 18.3 Å². The molecule has 9 nitrogen and oxygen atoms in total. The molecule has 4 heterocycles. The van der Waals surface area contributed by atoms with Crippen molar-refractivity contribution in [2.45, 2.75) is 39.4 Å². The number of carboxylic acids is 1. The van der Waals surface area contributed by atoms with Crippen molar-refractivity contribution >= 4 is 33.3 Å². The van der Waals surface area contributed by atoms with Crippen LogP contribution in [0, 0.1) is 13.8 Å². The Bertz CT molecular complexity index is 1130. The fraction of sp³-hybridized carbons (Fsp3) is 0.478. The molecular formula is C23H28N4O5S. The van der Waals surface area contributed by atoms with Crippen LogP contribution in [0.2, 0.25) is 0 Å². The molecule has 1 N–H and O–H groups in total. The van der Waals surface area contributed by atoms with E-state index in [2.05, 4.69) is 4.98 Å². The number of thiophene rings is 1. The molecule has 1 fully saturated rings. The van der Waals surface area contributed by atoms with Crippen molar-refractivity contribution in [1.29, 1.82) is 0 Å². The molecule has 1 saturated heterocycles. The van der Waals surface area contributed by atoms with Crippen LogP contribution in [0.25, 0.3) is 21.7 Å². The number of ether oxygens (including phenoxy) is 3. The predicted molar refractivity (Wildman–Crippen MR) is 126 cm³/mol. The number of pyridine rings is 1. The van der Waals surface area contributed by atoms with Crippen LogP contribution < -0.4 is 9.64 Å². The maximum Gasteiger partial charge on any atom is 0.323 e. The van der Waals surface area contributed by atoms with E-state index in [0.717, 1.165) is 46.5 Å². The third-order valence-electron chi connectivity index (χ3n) is 5.50. The second kappa shape index (κ2) is 10.4. The van der Waals surface area contributed by atoms with E-state index in [1.54, 1.807) is 41.6 Å². The highest BCUT2D eigenvalue weighted by Gasteiger charge is 2.20. The molecule has 0 aliphatic carbocycles. The summed E-state index contributed by atoms with van der Waals surface area (Å²) in [5.41, 5.74) is 1.61. The van der Waals surface area contributed by atoms with E-state index in [9.17, 15) is 9.90 Å². The molecule has 0 saturated carbocycles. The zero-order chi connectivity index (χ0) is 23.4. The van der Waals surface area contributed by atoms with E-state index in [4.69, 9.17) is 24.2 Å². The predicted octanol–water partition coefficient (Wildman–Crippen LogP) is 3.81. The SMILES string of the molecule is Cc1sc2nc(-c3cc(OCCOC4CCCCO4)ccn3)nc(N(C)CC(=O)O)c2c1C. The second-order valence-electron chi connectivity index (χ2n) is 7.98. The Morgan fingerprint density at radius 1 is 1.30 bits per heavy atom. The molecule has 33 heavy (non-hydrogen) atoms. The number of nitrogens with zero attached hydrogens (tertiary/aromatic N) is 4. The molecule has 176 valence electrons. The Morgan fingerprint density at radius 3 is 2.91 bits per heavy atom. The Kier molecular flexibility index (Phi) is 7.36. The number of aliphatic carboxylic acids is 1. The van der Waals surface area contributed by atoms with Crippen LogP contribution in [0.4, 0.5) is 5.82 Å². The van der Waals surface area contributed by atoms with Crippen molar-refractivity contribution in [3.63, 3.8) is 0 Å². The van der Waals surface area contributed by atoms with E-state index in [1.165, 1.54) is 0 Å². The number of hydrogen-bond acceptors (Lipinski definition) is 9. The van der Waals surface area contributed by atoms with Gasteiger partial charge in [-0.25, -0.2) is 9.97 Å². The molecule has 3 aromatic rings. The first-order chi connectivity index (χ1) is 15.9. The quantitative estimate of drug-likeness (QED) is 0.465. The van der Waals surface area contributed by atoms with Gasteiger partial charge in [-0.05, 0) is 44.7 Å². The van der Waals surface area contributed by atoms with Gasteiger partial charge in [0.15, 0.2) is 12.1 Å². The second-order valence-corrected chi connectivity index (χ2v) is 9.18. The monoisotopic (exact) mass is 472 g/mol. The fourth-order valence-corrected chi connectivity index (χ4v) is 4.73. The summed E-state index contributed by atoms with van der Waals surface area (Å²) in [6.45, 7) is 5.43. The summed E-state index contributed by atoms with van der Waals surface area (Å²) in [5.74, 6) is 0.710. The molecular weight excluding hydrogens is 444 g/mol. The highest BCUT2D eigenvalue weighted by Crippen LogP contribution is 2.36. The van der Waals surface area contributed by atoms with Crippen molar-refractivity contribution < 1.29 is 24.1 Å². The first-order valence-electron chi connectivity index (χ1n) is 11.0. The highest BCUT2D eigenvalue weighted by molar-refractivity contribution is 7.18. The third-order valence-corrected chi connectivity index (χ3v) is 6.60. The molecule has 0 amide bonds. The Morgan fingerprint density at radius 2 is 2.15 bits per heavy atom. The zero-order valence-corrected chi connectivity index (χ0v) is 19.9. The Labute approximate surface area is 196 Å². The van der Waals surface area contributed by atoms with Gasteiger partial charge >= 0.3 is 5.97 Å². The van der Waals surface area contributed by atoms with E-state index in [1.807, 2.05) is 13.8 Å². The molecule has 4 rings (SSSR count). The number of fused-ring (bicyclic) bond motifs is 1. The Hall–Kier alpha value is -2.82. The summed E-state index contributed by atoms with van der Waals surface area (Å²) < 4.78 is 17.1. The summed E-state index contributed by atoms with van der Waals surface area (Å²) in [6.07, 6.45) is 4.63. The topological polar surface area (TPSA) is 107 Å². The van der Waals surface area contributed by atoms with E-state index >= 15 is 0 Å². The minimum atomic E-state index is -0.926. The van der Waals surface area contributed by atoms with Crippen LogP contribution in [0.5, 0.6) is 5.75 Å². The maximum atomic E-state index is 11.3. The smallest absolute Gasteiger partial charge is 0.323 e. The molecule has 0 spiro atoms. The molecule has 3 aromatic heterocycles. The number of anilines is 1. The van der Waals surface area contributed by atoms with Crippen LogP contribution in [0.1, 0.15) is 29.7 Å². The van der Waals surface area contributed by atoms with Crippen LogP contribution in [-0.4, -0.2) is 65.7 Å². The summed E-state index contributed by atoms with van der Waals surface area (Å²) in [7, 11) is 1.72. The number of rotatable bonds is 9. The number of likely N-dealkylation sites (N-methyl/N-ethyl adjacent to an activating group) is 1. The van der Waals surface area contributed by atoms with E-state index in [-0.39, 0.29) is 12.8 Å². The van der Waals surface area contributed by atoms with Gasteiger partial charge in [0.1, 0.15) is 35.2 Å². The van der Waals surface area contributed by atoms with Gasteiger partial charge in [0.2, 0.25) is 0 Å². The molecule has 1 unspecified atom stereocenters. The molecule has 1 atom stereocenters. The largest absolute Gasteiger partial charge is 0.491 e. The molecule has 1 aliphatic heterocycles. The summed E-state index contributed by atoms with van der Waals surface area (Å²) in [6, 6.07) is 3.56. The lowest BCUT2D eigenvalue weighted by atomic mass is 10.2. The summed E-state index contributed by atoms with van der Waals surface area (Å²) in [5, 5.41) is 10.1. The van der Waals surface area contributed by atoms with Crippen molar-refractivity contribution in [2.75, 3.05) is 38.3 Å². The van der Waals surface area contributed by atoms with Crippen molar-refractivity contribution in [1.82, 2.24) is 15.0 Å². The normalized spacial score (nSPS) is 16.2. The van der Waals surface area contributed by atoms with Crippen molar-refractivity contribution in [3.8, 4) is 17.3 Å². The fourth-order valence-electron chi connectivity index (χ4n) is 3.70. The van der Waals surface area contributed by atoms with Gasteiger partial charge in [-0.3, -0.25) is 9.78 Å². The molecule has 0 radical (unpaired) electrons. The number of carbonyl (C=O) groups is 1. The van der Waals surface area contributed by atoms with Gasteiger partial charge in [-0.2, -0.15) is 0 Å². The van der Waals surface area contributed by atoms with E-state index in [0.29, 0.717) is 36.3 Å². The maximum absolute atomic E-state index is 11.3. The van der Waals surface area contributed by atoms with Gasteiger partial charge in [0, 0.05) is 30.8 Å². The van der Waals surface area contributed by atoms with Gasteiger partial charge in [-0.15, -0.1) is 11.3 Å². The molecule has 0 aromatic carbocycles. The molecule has 1 aliphatic rings. The lowest BCUT2D eigenvalue weighted by Gasteiger charge is -2.22. The van der Waals surface area contributed by atoms with Crippen molar-refractivity contribution in [3.05, 3.63) is 28.8 Å². The summed E-state index contributed by atoms with van der Waals surface area (Å²) in [4.78, 5) is 28.7. The number of carboxylic acid groups (broad SMARTS) is 1. The third kappa shape index (κ3) is 5.58. The van der Waals surface area contributed by atoms with Gasteiger partial charge in [0.05, 0.1) is 12.0 Å². The van der Waals surface area contributed by atoms with E-state index < -0.39 is 5.97 Å². The van der Waals surface area contributed by atoms with Crippen LogP contribution in [0.3, 0.4) is 0 Å². The zero-order valence-electron chi connectivity index (χ0n) is 19.0. The average Bonchev–Trinajstić information content (AvgIpc) is 3.10. The van der Waals surface area contributed by atoms with Crippen LogP contribution >= 0.6 is 11.3 Å². The number of aryl methyl sites for hydroxylation is 2. The average molecular weight is 473 g/mol. The molecule has 10 heteroatoms. The lowest BCUT2D eigenvalue weighted by molar-refractivity contribution is -0.165. The van der Waals surface area contributed by atoms with Gasteiger partial charge in [0.25, 0.3) is 0 Å². The molecule has 0 bridgehead atoms. The first-order valence-corrected chi connectivity index (χ1v) is 11.8. The number of hydrogen-bond donors (Lipinski definition) is 1. The lowest BCUT2D eigenvalue weighted by Crippen LogP contribution is -2.26. The minimum Gasteiger partial charge on any atom is -0.491 e.